The maximum atomic E-state index is 12.7. The van der Waals surface area contributed by atoms with Crippen molar-refractivity contribution in [2.75, 3.05) is 18.5 Å². The van der Waals surface area contributed by atoms with Gasteiger partial charge in [0.25, 0.3) is 0 Å². The number of hydrogen-bond donors (Lipinski definition) is 1. The molecule has 2 heterocycles. The summed E-state index contributed by atoms with van der Waals surface area (Å²) in [4.78, 5) is 12.7. The number of benzene rings is 2. The van der Waals surface area contributed by atoms with Gasteiger partial charge in [-0.05, 0) is 43.7 Å². The average Bonchev–Trinajstić information content (AvgIpc) is 2.97. The van der Waals surface area contributed by atoms with E-state index in [1.165, 1.54) is 0 Å². The lowest BCUT2D eigenvalue weighted by molar-refractivity contribution is -0.115. The molecule has 3 aromatic rings. The van der Waals surface area contributed by atoms with Crippen molar-refractivity contribution in [3.8, 4) is 17.2 Å². The summed E-state index contributed by atoms with van der Waals surface area (Å²) in [6, 6.07) is 13.6. The molecule has 4 rings (SSSR count). The van der Waals surface area contributed by atoms with E-state index >= 15 is 0 Å². The molecule has 1 aliphatic rings. The monoisotopic (exact) mass is 441 g/mol. The predicted molar refractivity (Wildman–Crippen MR) is 111 cm³/mol. The Labute approximate surface area is 171 Å². The standard InChI is InChI=1S/C21H20BrN3O3/c1-13-21(14(2)25(24-13)16-6-4-3-5-7-16)23-20(26)11-15-10-18-19(12-17(15)22)28-9-8-27-18/h3-7,10,12H,8-9,11H2,1-2H3,(H,23,26). The van der Waals surface area contributed by atoms with Gasteiger partial charge in [-0.25, -0.2) is 4.68 Å². The number of carbonyl (C=O) groups is 1. The fourth-order valence-electron chi connectivity index (χ4n) is 3.24. The third-order valence-corrected chi connectivity index (χ3v) is 5.36. The fraction of sp³-hybridized carbons (Fsp3) is 0.238. The summed E-state index contributed by atoms with van der Waals surface area (Å²) in [5.41, 5.74) is 4.20. The minimum absolute atomic E-state index is 0.115. The average molecular weight is 442 g/mol. The van der Waals surface area contributed by atoms with E-state index in [1.54, 1.807) is 0 Å². The van der Waals surface area contributed by atoms with Crippen molar-refractivity contribution in [1.82, 2.24) is 9.78 Å². The van der Waals surface area contributed by atoms with Crippen LogP contribution in [0.1, 0.15) is 17.0 Å². The largest absolute Gasteiger partial charge is 0.486 e. The van der Waals surface area contributed by atoms with Crippen LogP contribution in [0.5, 0.6) is 11.5 Å². The van der Waals surface area contributed by atoms with Crippen molar-refractivity contribution >= 4 is 27.5 Å². The van der Waals surface area contributed by atoms with Crippen molar-refractivity contribution in [3.05, 3.63) is 63.9 Å². The van der Waals surface area contributed by atoms with Gasteiger partial charge < -0.3 is 14.8 Å². The van der Waals surface area contributed by atoms with Crippen LogP contribution in [0.3, 0.4) is 0 Å². The molecule has 144 valence electrons. The van der Waals surface area contributed by atoms with E-state index in [2.05, 4.69) is 26.3 Å². The zero-order chi connectivity index (χ0) is 19.7. The highest BCUT2D eigenvalue weighted by atomic mass is 79.9. The number of para-hydroxylation sites is 1. The second-order valence-corrected chi connectivity index (χ2v) is 7.46. The molecule has 0 saturated carbocycles. The van der Waals surface area contributed by atoms with E-state index in [0.29, 0.717) is 24.7 Å². The van der Waals surface area contributed by atoms with Crippen molar-refractivity contribution in [3.63, 3.8) is 0 Å². The summed E-state index contributed by atoms with van der Waals surface area (Å²) < 4.78 is 13.8. The van der Waals surface area contributed by atoms with Gasteiger partial charge in [0.15, 0.2) is 11.5 Å². The van der Waals surface area contributed by atoms with Gasteiger partial charge in [0.1, 0.15) is 13.2 Å². The first kappa shape index (κ1) is 18.6. The Hall–Kier alpha value is -2.80. The molecule has 0 spiro atoms. The Morgan fingerprint density at radius 3 is 2.54 bits per heavy atom. The summed E-state index contributed by atoms with van der Waals surface area (Å²) in [5, 5.41) is 7.58. The van der Waals surface area contributed by atoms with Gasteiger partial charge in [0.05, 0.1) is 29.2 Å². The van der Waals surface area contributed by atoms with Gasteiger partial charge in [-0.1, -0.05) is 34.1 Å². The number of anilines is 1. The topological polar surface area (TPSA) is 65.4 Å². The molecule has 1 aromatic heterocycles. The number of aryl methyl sites for hydroxylation is 1. The molecule has 0 bridgehead atoms. The first-order valence-corrected chi connectivity index (χ1v) is 9.82. The van der Waals surface area contributed by atoms with Crippen LogP contribution >= 0.6 is 15.9 Å². The van der Waals surface area contributed by atoms with Gasteiger partial charge >= 0.3 is 0 Å². The summed E-state index contributed by atoms with van der Waals surface area (Å²) in [5.74, 6) is 1.25. The SMILES string of the molecule is Cc1nn(-c2ccccc2)c(C)c1NC(=O)Cc1cc2c(cc1Br)OCCO2. The Balaban J connectivity index is 1.54. The summed E-state index contributed by atoms with van der Waals surface area (Å²) in [6.07, 6.45) is 0.215. The highest BCUT2D eigenvalue weighted by Crippen LogP contribution is 2.36. The third-order valence-electron chi connectivity index (χ3n) is 4.62. The number of nitrogens with zero attached hydrogens (tertiary/aromatic N) is 2. The van der Waals surface area contributed by atoms with Crippen LogP contribution in [-0.4, -0.2) is 28.9 Å². The number of hydrogen-bond acceptors (Lipinski definition) is 4. The number of amides is 1. The van der Waals surface area contributed by atoms with Crippen LogP contribution in [0.15, 0.2) is 46.9 Å². The Kier molecular flexibility index (Phi) is 5.09. The third kappa shape index (κ3) is 3.62. The maximum Gasteiger partial charge on any atom is 0.228 e. The maximum absolute atomic E-state index is 12.7. The number of aromatic nitrogens is 2. The first-order valence-electron chi connectivity index (χ1n) is 9.02. The first-order chi connectivity index (χ1) is 13.5. The summed E-state index contributed by atoms with van der Waals surface area (Å²) >= 11 is 3.52. The van der Waals surface area contributed by atoms with Gasteiger partial charge in [0.2, 0.25) is 5.91 Å². The molecule has 1 amide bonds. The van der Waals surface area contributed by atoms with Gasteiger partial charge in [-0.2, -0.15) is 5.10 Å². The summed E-state index contributed by atoms with van der Waals surface area (Å²) in [6.45, 7) is 4.88. The lowest BCUT2D eigenvalue weighted by Crippen LogP contribution is -2.18. The molecule has 2 aromatic carbocycles. The fourth-order valence-corrected chi connectivity index (χ4v) is 3.70. The van der Waals surface area contributed by atoms with E-state index in [0.717, 1.165) is 32.8 Å². The Bertz CT molecular complexity index is 1030. The normalized spacial score (nSPS) is 12.7. The molecule has 0 saturated heterocycles. The van der Waals surface area contributed by atoms with Gasteiger partial charge in [0, 0.05) is 4.47 Å². The smallest absolute Gasteiger partial charge is 0.228 e. The summed E-state index contributed by atoms with van der Waals surface area (Å²) in [7, 11) is 0. The minimum Gasteiger partial charge on any atom is -0.486 e. The second-order valence-electron chi connectivity index (χ2n) is 6.61. The number of rotatable bonds is 4. The highest BCUT2D eigenvalue weighted by molar-refractivity contribution is 9.10. The molecule has 0 unspecified atom stereocenters. The Morgan fingerprint density at radius 2 is 1.82 bits per heavy atom. The van der Waals surface area contributed by atoms with Crippen LogP contribution in [0, 0.1) is 13.8 Å². The van der Waals surface area contributed by atoms with Crippen molar-refractivity contribution < 1.29 is 14.3 Å². The highest BCUT2D eigenvalue weighted by Gasteiger charge is 2.19. The predicted octanol–water partition coefficient (Wildman–Crippen LogP) is 4.20. The van der Waals surface area contributed by atoms with E-state index in [9.17, 15) is 4.79 Å². The number of ether oxygens (including phenoxy) is 2. The second kappa shape index (κ2) is 7.67. The van der Waals surface area contributed by atoms with E-state index < -0.39 is 0 Å². The van der Waals surface area contributed by atoms with Crippen molar-refractivity contribution in [1.29, 1.82) is 0 Å². The minimum atomic E-state index is -0.115. The molecule has 1 N–H and O–H groups in total. The number of carbonyl (C=O) groups excluding carboxylic acids is 1. The van der Waals surface area contributed by atoms with Crippen LogP contribution in [0.2, 0.25) is 0 Å². The van der Waals surface area contributed by atoms with Crippen molar-refractivity contribution in [2.45, 2.75) is 20.3 Å². The van der Waals surface area contributed by atoms with E-state index in [-0.39, 0.29) is 12.3 Å². The number of fused-ring (bicyclic) bond motifs is 1. The Morgan fingerprint density at radius 1 is 1.14 bits per heavy atom. The number of halogens is 1. The van der Waals surface area contributed by atoms with Crippen LogP contribution < -0.4 is 14.8 Å². The van der Waals surface area contributed by atoms with E-state index in [1.807, 2.05) is 61.0 Å². The molecule has 0 aliphatic carbocycles. The van der Waals surface area contributed by atoms with Gasteiger partial charge in [-0.15, -0.1) is 0 Å². The number of nitrogens with one attached hydrogen (secondary N) is 1. The van der Waals surface area contributed by atoms with E-state index in [4.69, 9.17) is 9.47 Å². The molecular weight excluding hydrogens is 422 g/mol. The van der Waals surface area contributed by atoms with Crippen LogP contribution in [0.25, 0.3) is 5.69 Å². The molecule has 1 aliphatic heterocycles. The molecule has 0 atom stereocenters. The van der Waals surface area contributed by atoms with Crippen LogP contribution in [-0.2, 0) is 11.2 Å². The molecule has 0 radical (unpaired) electrons. The molecule has 6 nitrogen and oxygen atoms in total. The lowest BCUT2D eigenvalue weighted by Gasteiger charge is -2.19. The van der Waals surface area contributed by atoms with Crippen LogP contribution in [0.4, 0.5) is 5.69 Å². The van der Waals surface area contributed by atoms with Crippen molar-refractivity contribution in [2.24, 2.45) is 0 Å². The molecule has 7 heteroatoms. The zero-order valence-corrected chi connectivity index (χ0v) is 17.2. The molecule has 0 fully saturated rings. The van der Waals surface area contributed by atoms with Gasteiger partial charge in [-0.3, -0.25) is 4.79 Å². The quantitative estimate of drug-likeness (QED) is 0.658. The molecule has 28 heavy (non-hydrogen) atoms. The zero-order valence-electron chi connectivity index (χ0n) is 15.7. The molecular formula is C21H20BrN3O3. The lowest BCUT2D eigenvalue weighted by atomic mass is 10.1.